The summed E-state index contributed by atoms with van der Waals surface area (Å²) in [5.74, 6) is -0.139. The van der Waals surface area contributed by atoms with Crippen molar-refractivity contribution >= 4 is 34.8 Å². The summed E-state index contributed by atoms with van der Waals surface area (Å²) in [4.78, 5) is 23.7. The van der Waals surface area contributed by atoms with E-state index in [1.54, 1.807) is 30.3 Å². The Kier molecular flexibility index (Phi) is 7.25. The number of benzene rings is 1. The van der Waals surface area contributed by atoms with Crippen LogP contribution in [0.25, 0.3) is 0 Å². The van der Waals surface area contributed by atoms with Crippen LogP contribution >= 0.6 is 12.2 Å². The molecule has 0 fully saturated rings. The van der Waals surface area contributed by atoms with E-state index in [0.29, 0.717) is 24.2 Å². The molecule has 0 aliphatic carbocycles. The minimum atomic E-state index is -0.237. The van der Waals surface area contributed by atoms with Crippen molar-refractivity contribution in [1.82, 2.24) is 10.6 Å². The number of nitrogens with one attached hydrogen (secondary N) is 3. The second-order valence-corrected chi connectivity index (χ2v) is 5.55. The van der Waals surface area contributed by atoms with Gasteiger partial charge in [0, 0.05) is 13.0 Å². The van der Waals surface area contributed by atoms with Crippen LogP contribution in [-0.4, -0.2) is 23.5 Å². The number of anilines is 1. The fraction of sp³-hybridized carbons (Fsp3) is 0.312. The summed E-state index contributed by atoms with van der Waals surface area (Å²) in [5.41, 5.74) is 0.990. The van der Waals surface area contributed by atoms with Crippen LogP contribution in [0.15, 0.2) is 36.9 Å². The maximum atomic E-state index is 12.0. The van der Waals surface area contributed by atoms with Gasteiger partial charge in [0.15, 0.2) is 5.11 Å². The summed E-state index contributed by atoms with van der Waals surface area (Å²) in [7, 11) is 0. The predicted molar refractivity (Wildman–Crippen MR) is 92.8 cm³/mol. The van der Waals surface area contributed by atoms with Crippen LogP contribution in [0.5, 0.6) is 0 Å². The van der Waals surface area contributed by atoms with E-state index >= 15 is 0 Å². The number of hydrogen-bond acceptors (Lipinski definition) is 3. The molecule has 0 aromatic heterocycles. The molecule has 0 saturated heterocycles. The quantitative estimate of drug-likeness (QED) is 0.556. The van der Waals surface area contributed by atoms with Crippen LogP contribution in [0.3, 0.4) is 0 Å². The molecule has 0 radical (unpaired) electrons. The molecule has 0 spiro atoms. The number of para-hydroxylation sites is 1. The lowest BCUT2D eigenvalue weighted by molar-refractivity contribution is -0.120. The first-order valence-corrected chi connectivity index (χ1v) is 7.43. The fourth-order valence-corrected chi connectivity index (χ4v) is 1.98. The van der Waals surface area contributed by atoms with E-state index in [0.717, 1.165) is 0 Å². The molecule has 3 N–H and O–H groups in total. The van der Waals surface area contributed by atoms with Crippen LogP contribution in [0, 0.1) is 5.92 Å². The van der Waals surface area contributed by atoms with Gasteiger partial charge in [0.05, 0.1) is 11.3 Å². The molecule has 5 nitrogen and oxygen atoms in total. The third-order valence-electron chi connectivity index (χ3n) is 2.67. The van der Waals surface area contributed by atoms with Crippen LogP contribution in [0.4, 0.5) is 5.69 Å². The second-order valence-electron chi connectivity index (χ2n) is 5.14. The van der Waals surface area contributed by atoms with E-state index < -0.39 is 0 Å². The SMILES string of the molecule is C=CCNC(=O)c1ccccc1NC(=S)NC(=O)CC(C)C. The topological polar surface area (TPSA) is 70.2 Å². The van der Waals surface area contributed by atoms with Crippen molar-refractivity contribution in [2.24, 2.45) is 5.92 Å². The van der Waals surface area contributed by atoms with Gasteiger partial charge in [0.25, 0.3) is 5.91 Å². The molecule has 0 bridgehead atoms. The average molecular weight is 319 g/mol. The van der Waals surface area contributed by atoms with Crippen molar-refractivity contribution in [1.29, 1.82) is 0 Å². The fourth-order valence-electron chi connectivity index (χ4n) is 1.75. The smallest absolute Gasteiger partial charge is 0.253 e. The zero-order valence-electron chi connectivity index (χ0n) is 12.8. The lowest BCUT2D eigenvalue weighted by Gasteiger charge is -2.13. The first kappa shape index (κ1) is 17.8. The molecule has 6 heteroatoms. The van der Waals surface area contributed by atoms with Crippen LogP contribution in [0.1, 0.15) is 30.6 Å². The maximum Gasteiger partial charge on any atom is 0.253 e. The van der Waals surface area contributed by atoms with Crippen molar-refractivity contribution in [2.75, 3.05) is 11.9 Å². The highest BCUT2D eigenvalue weighted by molar-refractivity contribution is 7.80. The number of rotatable bonds is 6. The van der Waals surface area contributed by atoms with E-state index in [1.165, 1.54) is 0 Å². The number of thiocarbonyl (C=S) groups is 1. The largest absolute Gasteiger partial charge is 0.349 e. The minimum absolute atomic E-state index is 0.152. The monoisotopic (exact) mass is 319 g/mol. The Balaban J connectivity index is 2.72. The molecular formula is C16H21N3O2S. The molecule has 22 heavy (non-hydrogen) atoms. The zero-order chi connectivity index (χ0) is 16.5. The normalized spacial score (nSPS) is 9.95. The Morgan fingerprint density at radius 1 is 1.32 bits per heavy atom. The first-order chi connectivity index (χ1) is 10.4. The Morgan fingerprint density at radius 2 is 2.00 bits per heavy atom. The van der Waals surface area contributed by atoms with E-state index in [1.807, 2.05) is 13.8 Å². The molecule has 1 aromatic rings. The first-order valence-electron chi connectivity index (χ1n) is 7.03. The average Bonchev–Trinajstić information content (AvgIpc) is 2.44. The van der Waals surface area contributed by atoms with Crippen molar-refractivity contribution < 1.29 is 9.59 Å². The second kappa shape index (κ2) is 8.94. The molecule has 118 valence electrons. The summed E-state index contributed by atoms with van der Waals surface area (Å²) in [6, 6.07) is 6.95. The van der Waals surface area contributed by atoms with Gasteiger partial charge < -0.3 is 16.0 Å². The third kappa shape index (κ3) is 6.05. The molecule has 0 unspecified atom stereocenters. The predicted octanol–water partition coefficient (Wildman–Crippen LogP) is 2.46. The van der Waals surface area contributed by atoms with Gasteiger partial charge >= 0.3 is 0 Å². The molecule has 0 heterocycles. The summed E-state index contributed by atoms with van der Waals surface area (Å²) in [5, 5.41) is 8.36. The summed E-state index contributed by atoms with van der Waals surface area (Å²) >= 11 is 5.11. The van der Waals surface area contributed by atoms with Crippen molar-refractivity contribution in [3.05, 3.63) is 42.5 Å². The number of carbonyl (C=O) groups is 2. The minimum Gasteiger partial charge on any atom is -0.349 e. The molecule has 0 aliphatic rings. The van der Waals surface area contributed by atoms with Crippen LogP contribution in [0.2, 0.25) is 0 Å². The van der Waals surface area contributed by atoms with E-state index in [2.05, 4.69) is 22.5 Å². The van der Waals surface area contributed by atoms with Gasteiger partial charge in [-0.3, -0.25) is 9.59 Å². The van der Waals surface area contributed by atoms with Crippen molar-refractivity contribution in [3.63, 3.8) is 0 Å². The molecule has 1 rings (SSSR count). The lowest BCUT2D eigenvalue weighted by Crippen LogP contribution is -2.35. The van der Waals surface area contributed by atoms with Gasteiger partial charge in [-0.05, 0) is 30.3 Å². The standard InChI is InChI=1S/C16H21N3O2S/c1-4-9-17-15(21)12-7-5-6-8-13(12)18-16(22)19-14(20)10-11(2)3/h4-8,11H,1,9-10H2,2-3H3,(H,17,21)(H2,18,19,20,22). The Labute approximate surface area is 136 Å². The van der Waals surface area contributed by atoms with E-state index in [-0.39, 0.29) is 22.8 Å². The summed E-state index contributed by atoms with van der Waals surface area (Å²) < 4.78 is 0. The number of amides is 2. The molecular weight excluding hydrogens is 298 g/mol. The molecule has 0 saturated carbocycles. The van der Waals surface area contributed by atoms with Gasteiger partial charge in [0.2, 0.25) is 5.91 Å². The van der Waals surface area contributed by atoms with Crippen LogP contribution < -0.4 is 16.0 Å². The molecule has 0 aliphatic heterocycles. The zero-order valence-corrected chi connectivity index (χ0v) is 13.6. The Bertz CT molecular complexity index is 570. The highest BCUT2D eigenvalue weighted by Crippen LogP contribution is 2.14. The molecule has 0 atom stereocenters. The van der Waals surface area contributed by atoms with Crippen molar-refractivity contribution in [2.45, 2.75) is 20.3 Å². The Hall–Kier alpha value is -2.21. The molecule has 1 aromatic carbocycles. The maximum absolute atomic E-state index is 12.0. The van der Waals surface area contributed by atoms with Gasteiger partial charge in [0.1, 0.15) is 0 Å². The lowest BCUT2D eigenvalue weighted by atomic mass is 10.1. The highest BCUT2D eigenvalue weighted by atomic mass is 32.1. The number of carbonyl (C=O) groups excluding carboxylic acids is 2. The van der Waals surface area contributed by atoms with Gasteiger partial charge in [-0.1, -0.05) is 32.1 Å². The Morgan fingerprint density at radius 3 is 2.64 bits per heavy atom. The third-order valence-corrected chi connectivity index (χ3v) is 2.88. The summed E-state index contributed by atoms with van der Waals surface area (Å²) in [6.45, 7) is 7.84. The van der Waals surface area contributed by atoms with Gasteiger partial charge in [-0.25, -0.2) is 0 Å². The highest BCUT2D eigenvalue weighted by Gasteiger charge is 2.12. The van der Waals surface area contributed by atoms with Crippen molar-refractivity contribution in [3.8, 4) is 0 Å². The van der Waals surface area contributed by atoms with Crippen LogP contribution in [-0.2, 0) is 4.79 Å². The molecule has 2 amide bonds. The van der Waals surface area contributed by atoms with Gasteiger partial charge in [-0.2, -0.15) is 0 Å². The van der Waals surface area contributed by atoms with E-state index in [9.17, 15) is 9.59 Å². The van der Waals surface area contributed by atoms with Gasteiger partial charge in [-0.15, -0.1) is 6.58 Å². The summed E-state index contributed by atoms with van der Waals surface area (Å²) in [6.07, 6.45) is 1.99. The number of hydrogen-bond donors (Lipinski definition) is 3. The van der Waals surface area contributed by atoms with E-state index in [4.69, 9.17) is 12.2 Å².